The lowest BCUT2D eigenvalue weighted by Gasteiger charge is -2.25. The van der Waals surface area contributed by atoms with Crippen LogP contribution in [0.3, 0.4) is 0 Å². The number of alkyl carbamates (subject to hydrolysis) is 1. The Labute approximate surface area is 130 Å². The minimum atomic E-state index is -3.24. The van der Waals surface area contributed by atoms with Gasteiger partial charge in [0.05, 0.1) is 18.0 Å². The molecule has 1 rings (SSSR count). The first-order chi connectivity index (χ1) is 10.2. The Balaban J connectivity index is 2.76. The number of rotatable bonds is 5. The number of amides is 2. The van der Waals surface area contributed by atoms with Crippen LogP contribution in [-0.4, -0.2) is 52.3 Å². The molecule has 2 amide bonds. The Bertz CT molecular complexity index is 640. The van der Waals surface area contributed by atoms with Crippen molar-refractivity contribution in [1.82, 2.24) is 10.2 Å². The van der Waals surface area contributed by atoms with E-state index in [1.165, 1.54) is 24.1 Å². The van der Waals surface area contributed by atoms with E-state index in [0.717, 1.165) is 11.8 Å². The lowest BCUT2D eigenvalue weighted by Crippen LogP contribution is -2.39. The van der Waals surface area contributed by atoms with Crippen molar-refractivity contribution in [2.24, 2.45) is 0 Å². The van der Waals surface area contributed by atoms with Crippen molar-refractivity contribution in [3.05, 3.63) is 29.8 Å². The number of benzene rings is 1. The summed E-state index contributed by atoms with van der Waals surface area (Å²) in [5.74, 6) is -0.287. The number of likely N-dealkylation sites (N-methyl/N-ethyl adjacent to an activating group) is 1. The first-order valence-corrected chi connectivity index (χ1v) is 8.43. The van der Waals surface area contributed by atoms with E-state index in [1.54, 1.807) is 19.2 Å². The van der Waals surface area contributed by atoms with E-state index < -0.39 is 15.9 Å². The fourth-order valence-electron chi connectivity index (χ4n) is 1.78. The zero-order valence-electron chi connectivity index (χ0n) is 13.0. The Hall–Kier alpha value is -2.09. The van der Waals surface area contributed by atoms with E-state index in [4.69, 9.17) is 0 Å². The molecule has 7 nitrogen and oxygen atoms in total. The molecule has 0 aliphatic heterocycles. The molecule has 22 heavy (non-hydrogen) atoms. The summed E-state index contributed by atoms with van der Waals surface area (Å²) in [4.78, 5) is 24.6. The SMILES string of the molecule is COC(=O)NCC(=O)N(C)[C@@H](C)c1ccc(S(C)(=O)=O)cc1. The van der Waals surface area contributed by atoms with E-state index in [1.807, 2.05) is 6.92 Å². The molecule has 0 aliphatic carbocycles. The minimum absolute atomic E-state index is 0.172. The number of sulfone groups is 1. The lowest BCUT2D eigenvalue weighted by atomic mass is 10.1. The van der Waals surface area contributed by atoms with Crippen LogP contribution >= 0.6 is 0 Å². The summed E-state index contributed by atoms with van der Waals surface area (Å²) >= 11 is 0. The van der Waals surface area contributed by atoms with Crippen LogP contribution in [0, 0.1) is 0 Å². The summed E-state index contributed by atoms with van der Waals surface area (Å²) in [6.07, 6.45) is 0.464. The van der Waals surface area contributed by atoms with Crippen LogP contribution in [0.5, 0.6) is 0 Å². The predicted molar refractivity (Wildman–Crippen MR) is 81.1 cm³/mol. The molecule has 0 aromatic heterocycles. The van der Waals surface area contributed by atoms with Gasteiger partial charge in [0.25, 0.3) is 0 Å². The molecule has 0 bridgehead atoms. The standard InChI is InChI=1S/C14H20N2O5S/c1-10(16(2)13(17)9-15-14(18)21-3)11-5-7-12(8-6-11)22(4,19)20/h5-8,10H,9H2,1-4H3,(H,15,18)/t10-/m0/s1. The average Bonchev–Trinajstić information content (AvgIpc) is 2.49. The predicted octanol–water partition coefficient (Wildman–Crippen LogP) is 0.965. The molecular weight excluding hydrogens is 308 g/mol. The van der Waals surface area contributed by atoms with Gasteiger partial charge in [-0.3, -0.25) is 4.79 Å². The second-order valence-electron chi connectivity index (χ2n) is 4.87. The van der Waals surface area contributed by atoms with E-state index in [0.29, 0.717) is 0 Å². The highest BCUT2D eigenvalue weighted by molar-refractivity contribution is 7.90. The summed E-state index contributed by atoms with van der Waals surface area (Å²) in [7, 11) is -0.420. The molecule has 0 saturated heterocycles. The molecule has 122 valence electrons. The quantitative estimate of drug-likeness (QED) is 0.869. The van der Waals surface area contributed by atoms with Crippen molar-refractivity contribution >= 4 is 21.8 Å². The van der Waals surface area contributed by atoms with Crippen molar-refractivity contribution in [3.8, 4) is 0 Å². The van der Waals surface area contributed by atoms with Crippen molar-refractivity contribution < 1.29 is 22.7 Å². The molecule has 0 unspecified atom stereocenters. The van der Waals surface area contributed by atoms with Gasteiger partial charge in [0.1, 0.15) is 6.54 Å². The number of hydrogen-bond donors (Lipinski definition) is 1. The number of nitrogens with one attached hydrogen (secondary N) is 1. The summed E-state index contributed by atoms with van der Waals surface area (Å²) in [6.45, 7) is 1.64. The van der Waals surface area contributed by atoms with Crippen LogP contribution in [0.1, 0.15) is 18.5 Å². The zero-order valence-corrected chi connectivity index (χ0v) is 13.8. The molecule has 0 aliphatic rings. The van der Waals surface area contributed by atoms with Crippen LogP contribution in [0.25, 0.3) is 0 Å². The van der Waals surface area contributed by atoms with Crippen molar-refractivity contribution in [1.29, 1.82) is 0 Å². The monoisotopic (exact) mass is 328 g/mol. The van der Waals surface area contributed by atoms with E-state index in [2.05, 4.69) is 10.1 Å². The number of carbonyl (C=O) groups is 2. The van der Waals surface area contributed by atoms with Crippen LogP contribution < -0.4 is 5.32 Å². The van der Waals surface area contributed by atoms with E-state index in [9.17, 15) is 18.0 Å². The maximum absolute atomic E-state index is 12.0. The molecule has 1 aromatic carbocycles. The maximum atomic E-state index is 12.0. The largest absolute Gasteiger partial charge is 0.453 e. The van der Waals surface area contributed by atoms with Gasteiger partial charge in [-0.05, 0) is 24.6 Å². The van der Waals surface area contributed by atoms with Gasteiger partial charge in [-0.2, -0.15) is 0 Å². The second kappa shape index (κ2) is 7.26. The van der Waals surface area contributed by atoms with Gasteiger partial charge in [-0.15, -0.1) is 0 Å². The fraction of sp³-hybridized carbons (Fsp3) is 0.429. The molecule has 1 aromatic rings. The van der Waals surface area contributed by atoms with Gasteiger partial charge < -0.3 is 15.0 Å². The minimum Gasteiger partial charge on any atom is -0.453 e. The molecule has 8 heteroatoms. The Kier molecular flexibility index (Phi) is 5.92. The average molecular weight is 328 g/mol. The van der Waals surface area contributed by atoms with Crippen LogP contribution in [0.4, 0.5) is 4.79 Å². The number of nitrogens with zero attached hydrogens (tertiary/aromatic N) is 1. The molecule has 0 radical (unpaired) electrons. The molecule has 1 atom stereocenters. The molecular formula is C14H20N2O5S. The third-order valence-electron chi connectivity index (χ3n) is 3.33. The van der Waals surface area contributed by atoms with Crippen LogP contribution in [-0.2, 0) is 19.4 Å². The Morgan fingerprint density at radius 2 is 1.82 bits per heavy atom. The highest BCUT2D eigenvalue weighted by Crippen LogP contribution is 2.20. The first-order valence-electron chi connectivity index (χ1n) is 6.54. The lowest BCUT2D eigenvalue weighted by molar-refractivity contribution is -0.130. The fourth-order valence-corrected chi connectivity index (χ4v) is 2.41. The van der Waals surface area contributed by atoms with Gasteiger partial charge in [0, 0.05) is 13.3 Å². The topological polar surface area (TPSA) is 92.8 Å². The second-order valence-corrected chi connectivity index (χ2v) is 6.88. The van der Waals surface area contributed by atoms with Crippen molar-refractivity contribution in [3.63, 3.8) is 0 Å². The summed E-state index contributed by atoms with van der Waals surface area (Å²) < 4.78 is 27.2. The van der Waals surface area contributed by atoms with Gasteiger partial charge in [0.15, 0.2) is 9.84 Å². The molecule has 1 N–H and O–H groups in total. The zero-order chi connectivity index (χ0) is 16.9. The summed E-state index contributed by atoms with van der Waals surface area (Å²) in [5, 5.41) is 2.32. The van der Waals surface area contributed by atoms with Gasteiger partial charge in [-0.1, -0.05) is 12.1 Å². The number of carbonyl (C=O) groups excluding carboxylic acids is 2. The normalized spacial score (nSPS) is 12.4. The molecule has 0 saturated carbocycles. The highest BCUT2D eigenvalue weighted by Gasteiger charge is 2.18. The van der Waals surface area contributed by atoms with Crippen LogP contribution in [0.15, 0.2) is 29.2 Å². The molecule has 0 heterocycles. The third kappa shape index (κ3) is 4.73. The van der Waals surface area contributed by atoms with Crippen molar-refractivity contribution in [2.45, 2.75) is 17.9 Å². The smallest absolute Gasteiger partial charge is 0.407 e. The van der Waals surface area contributed by atoms with Gasteiger partial charge in [0.2, 0.25) is 5.91 Å². The molecule has 0 spiro atoms. The number of methoxy groups -OCH3 is 1. The Morgan fingerprint density at radius 3 is 2.27 bits per heavy atom. The maximum Gasteiger partial charge on any atom is 0.407 e. The Morgan fingerprint density at radius 1 is 1.27 bits per heavy atom. The van der Waals surface area contributed by atoms with Gasteiger partial charge >= 0.3 is 6.09 Å². The van der Waals surface area contributed by atoms with E-state index >= 15 is 0 Å². The summed E-state index contributed by atoms with van der Waals surface area (Å²) in [5.41, 5.74) is 0.793. The molecule has 0 fully saturated rings. The first kappa shape index (κ1) is 18.0. The van der Waals surface area contributed by atoms with Crippen LogP contribution in [0.2, 0.25) is 0 Å². The summed E-state index contributed by atoms with van der Waals surface area (Å²) in [6, 6.07) is 6.08. The number of hydrogen-bond acceptors (Lipinski definition) is 5. The van der Waals surface area contributed by atoms with Gasteiger partial charge in [-0.25, -0.2) is 13.2 Å². The van der Waals surface area contributed by atoms with Crippen molar-refractivity contribution in [2.75, 3.05) is 27.0 Å². The third-order valence-corrected chi connectivity index (χ3v) is 4.46. The highest BCUT2D eigenvalue weighted by atomic mass is 32.2. The van der Waals surface area contributed by atoms with E-state index in [-0.39, 0.29) is 23.4 Å². The number of ether oxygens (including phenoxy) is 1.